The number of halogens is 3. The van der Waals surface area contributed by atoms with Gasteiger partial charge in [0.15, 0.2) is 11.5 Å². The molecular formula is C18H16F3N3O3S. The topological polar surface area (TPSA) is 73.2 Å². The molecule has 0 atom stereocenters. The molecule has 0 aliphatic heterocycles. The van der Waals surface area contributed by atoms with Gasteiger partial charge in [-0.2, -0.15) is 18.3 Å². The third-order valence-electron chi connectivity index (χ3n) is 3.98. The lowest BCUT2D eigenvalue weighted by Crippen LogP contribution is -2.14. The number of ether oxygens (including phenoxy) is 1. The number of aromatic nitrogens is 2. The molecule has 0 spiro atoms. The van der Waals surface area contributed by atoms with Gasteiger partial charge in [0.25, 0.3) is 10.0 Å². The molecule has 0 saturated heterocycles. The van der Waals surface area contributed by atoms with Crippen molar-refractivity contribution >= 4 is 15.8 Å². The molecule has 0 fully saturated rings. The molecule has 28 heavy (non-hydrogen) atoms. The number of benzene rings is 2. The highest BCUT2D eigenvalue weighted by Gasteiger charge is 2.40. The lowest BCUT2D eigenvalue weighted by molar-refractivity contribution is -0.143. The fourth-order valence-corrected chi connectivity index (χ4v) is 3.77. The Hall–Kier alpha value is -3.01. The van der Waals surface area contributed by atoms with Crippen molar-refractivity contribution in [1.29, 1.82) is 0 Å². The number of anilines is 1. The van der Waals surface area contributed by atoms with Crippen LogP contribution in [-0.2, 0) is 23.2 Å². The molecule has 1 heterocycles. The summed E-state index contributed by atoms with van der Waals surface area (Å²) in [4.78, 5) is -0.0881. The second-order valence-electron chi connectivity index (χ2n) is 5.84. The molecule has 0 aliphatic carbocycles. The normalized spacial score (nSPS) is 12.0. The maximum Gasteiger partial charge on any atom is 0.433 e. The van der Waals surface area contributed by atoms with Gasteiger partial charge in [-0.05, 0) is 29.8 Å². The first-order chi connectivity index (χ1) is 13.1. The predicted molar refractivity (Wildman–Crippen MR) is 97.4 cm³/mol. The monoisotopic (exact) mass is 411 g/mol. The smallest absolute Gasteiger partial charge is 0.433 e. The average molecular weight is 411 g/mol. The first kappa shape index (κ1) is 19.7. The minimum atomic E-state index is -4.74. The molecule has 1 N–H and O–H groups in total. The SMILES string of the molecule is COc1ccc(-c2c(NS(=O)(=O)c3ccccc3)nn(C)c2C(F)(F)F)cc1. The van der Waals surface area contributed by atoms with Crippen LogP contribution < -0.4 is 9.46 Å². The Labute approximate surface area is 159 Å². The first-order valence-electron chi connectivity index (χ1n) is 8.00. The van der Waals surface area contributed by atoms with Gasteiger partial charge in [-0.1, -0.05) is 30.3 Å². The molecule has 0 radical (unpaired) electrons. The van der Waals surface area contributed by atoms with E-state index in [1.807, 2.05) is 0 Å². The molecule has 0 bridgehead atoms. The van der Waals surface area contributed by atoms with Crippen LogP contribution >= 0.6 is 0 Å². The molecule has 148 valence electrons. The third kappa shape index (κ3) is 3.81. The zero-order valence-electron chi connectivity index (χ0n) is 14.9. The molecule has 2 aromatic carbocycles. The van der Waals surface area contributed by atoms with Crippen LogP contribution in [0.15, 0.2) is 59.5 Å². The summed E-state index contributed by atoms with van der Waals surface area (Å²) in [6.07, 6.45) is -4.74. The summed E-state index contributed by atoms with van der Waals surface area (Å²) in [6, 6.07) is 13.1. The Morgan fingerprint density at radius 2 is 1.64 bits per heavy atom. The second kappa shape index (κ2) is 7.19. The quantitative estimate of drug-likeness (QED) is 0.691. The standard InChI is InChI=1S/C18H16F3N3O3S/c1-24-16(18(19,20)21)15(12-8-10-13(27-2)11-9-12)17(22-24)23-28(25,26)14-6-4-3-5-7-14/h3-11H,1-2H3,(H,22,23). The largest absolute Gasteiger partial charge is 0.497 e. The first-order valence-corrected chi connectivity index (χ1v) is 9.48. The van der Waals surface area contributed by atoms with Gasteiger partial charge in [0.1, 0.15) is 5.75 Å². The Morgan fingerprint density at radius 3 is 2.18 bits per heavy atom. The number of methoxy groups -OCH3 is 1. The van der Waals surface area contributed by atoms with Gasteiger partial charge in [0.2, 0.25) is 0 Å². The van der Waals surface area contributed by atoms with Crippen molar-refractivity contribution in [3.05, 3.63) is 60.3 Å². The van der Waals surface area contributed by atoms with Crippen LogP contribution in [0.25, 0.3) is 11.1 Å². The number of hydrogen-bond acceptors (Lipinski definition) is 4. The minimum Gasteiger partial charge on any atom is -0.497 e. The number of alkyl halides is 3. The van der Waals surface area contributed by atoms with Gasteiger partial charge in [-0.25, -0.2) is 8.42 Å². The number of nitrogens with one attached hydrogen (secondary N) is 1. The van der Waals surface area contributed by atoms with Crippen molar-refractivity contribution in [2.24, 2.45) is 7.05 Å². The Morgan fingerprint density at radius 1 is 1.04 bits per heavy atom. The van der Waals surface area contributed by atoms with E-state index in [1.165, 1.54) is 55.6 Å². The number of nitrogens with zero attached hydrogens (tertiary/aromatic N) is 2. The Kier molecular flexibility index (Phi) is 5.07. The molecule has 3 rings (SSSR count). The van der Waals surface area contributed by atoms with Crippen molar-refractivity contribution in [2.75, 3.05) is 11.8 Å². The van der Waals surface area contributed by atoms with E-state index in [0.29, 0.717) is 10.4 Å². The number of hydrogen-bond donors (Lipinski definition) is 1. The molecule has 1 aromatic heterocycles. The third-order valence-corrected chi connectivity index (χ3v) is 5.33. The highest BCUT2D eigenvalue weighted by atomic mass is 32.2. The van der Waals surface area contributed by atoms with E-state index < -0.39 is 27.7 Å². The van der Waals surface area contributed by atoms with E-state index in [4.69, 9.17) is 4.74 Å². The van der Waals surface area contributed by atoms with Crippen molar-refractivity contribution < 1.29 is 26.3 Å². The summed E-state index contributed by atoms with van der Waals surface area (Å²) >= 11 is 0. The molecule has 0 amide bonds. The maximum atomic E-state index is 13.6. The van der Waals surface area contributed by atoms with Gasteiger partial charge in [-0.15, -0.1) is 0 Å². The van der Waals surface area contributed by atoms with Crippen LogP contribution in [0.2, 0.25) is 0 Å². The number of rotatable bonds is 5. The van der Waals surface area contributed by atoms with Crippen molar-refractivity contribution in [2.45, 2.75) is 11.1 Å². The van der Waals surface area contributed by atoms with E-state index in [1.54, 1.807) is 6.07 Å². The molecule has 6 nitrogen and oxygen atoms in total. The second-order valence-corrected chi connectivity index (χ2v) is 7.52. The lowest BCUT2D eigenvalue weighted by atomic mass is 10.0. The minimum absolute atomic E-state index is 0.0881. The van der Waals surface area contributed by atoms with Gasteiger partial charge in [0, 0.05) is 7.05 Å². The van der Waals surface area contributed by atoms with Crippen LogP contribution in [0, 0.1) is 0 Å². The van der Waals surface area contributed by atoms with Gasteiger partial charge in [0.05, 0.1) is 17.6 Å². The highest BCUT2D eigenvalue weighted by molar-refractivity contribution is 7.92. The van der Waals surface area contributed by atoms with Crippen molar-refractivity contribution in [3.63, 3.8) is 0 Å². The highest BCUT2D eigenvalue weighted by Crippen LogP contribution is 2.41. The fourth-order valence-electron chi connectivity index (χ4n) is 2.74. The van der Waals surface area contributed by atoms with Crippen LogP contribution in [-0.4, -0.2) is 25.3 Å². The summed E-state index contributed by atoms with van der Waals surface area (Å²) in [5.41, 5.74) is -1.28. The molecule has 0 aliphatic rings. The van der Waals surface area contributed by atoms with Crippen LogP contribution in [0.1, 0.15) is 5.69 Å². The molecule has 3 aromatic rings. The maximum absolute atomic E-state index is 13.6. The zero-order valence-corrected chi connectivity index (χ0v) is 15.7. The van der Waals surface area contributed by atoms with E-state index in [-0.39, 0.29) is 16.0 Å². The Balaban J connectivity index is 2.16. The van der Waals surface area contributed by atoms with Gasteiger partial charge in [-0.3, -0.25) is 9.40 Å². The average Bonchev–Trinajstić information content (AvgIpc) is 2.98. The summed E-state index contributed by atoms with van der Waals surface area (Å²) in [5, 5.41) is 3.78. The van der Waals surface area contributed by atoms with Gasteiger partial charge < -0.3 is 4.74 Å². The van der Waals surface area contributed by atoms with Gasteiger partial charge >= 0.3 is 6.18 Å². The zero-order chi connectivity index (χ0) is 20.5. The lowest BCUT2D eigenvalue weighted by Gasteiger charge is -2.12. The van der Waals surface area contributed by atoms with Crippen molar-refractivity contribution in [3.8, 4) is 16.9 Å². The fraction of sp³-hybridized carbons (Fsp3) is 0.167. The Bertz CT molecular complexity index is 1080. The summed E-state index contributed by atoms with van der Waals surface area (Å²) in [6.45, 7) is 0. The summed E-state index contributed by atoms with van der Waals surface area (Å²) in [7, 11) is -1.59. The number of sulfonamides is 1. The van der Waals surface area contributed by atoms with E-state index in [9.17, 15) is 21.6 Å². The van der Waals surface area contributed by atoms with Crippen LogP contribution in [0.5, 0.6) is 5.75 Å². The number of aryl methyl sites for hydroxylation is 1. The van der Waals surface area contributed by atoms with Crippen LogP contribution in [0.4, 0.5) is 19.0 Å². The molecule has 0 saturated carbocycles. The summed E-state index contributed by atoms with van der Waals surface area (Å²) in [5.74, 6) is 0.0384. The van der Waals surface area contributed by atoms with E-state index >= 15 is 0 Å². The molecule has 10 heteroatoms. The van der Waals surface area contributed by atoms with E-state index in [2.05, 4.69) is 9.82 Å². The summed E-state index contributed by atoms with van der Waals surface area (Å²) < 4.78 is 73.9. The predicted octanol–water partition coefficient (Wildman–Crippen LogP) is 3.92. The van der Waals surface area contributed by atoms with Crippen molar-refractivity contribution in [1.82, 2.24) is 9.78 Å². The van der Waals surface area contributed by atoms with E-state index in [0.717, 1.165) is 7.05 Å². The molecular weight excluding hydrogens is 395 g/mol. The molecule has 0 unspecified atom stereocenters. The van der Waals surface area contributed by atoms with Crippen LogP contribution in [0.3, 0.4) is 0 Å².